The van der Waals surface area contributed by atoms with Crippen LogP contribution in [0.25, 0.3) is 0 Å². The molecule has 0 bridgehead atoms. The molecule has 0 saturated heterocycles. The Morgan fingerprint density at radius 1 is 1.18 bits per heavy atom. The van der Waals surface area contributed by atoms with Gasteiger partial charge in [0.15, 0.2) is 0 Å². The molecule has 17 heavy (non-hydrogen) atoms. The Balaban J connectivity index is 1.76. The third-order valence-electron chi connectivity index (χ3n) is 4.75. The van der Waals surface area contributed by atoms with Gasteiger partial charge in [0, 0.05) is 17.8 Å². The van der Waals surface area contributed by atoms with Crippen molar-refractivity contribution < 1.29 is 4.79 Å². The van der Waals surface area contributed by atoms with Gasteiger partial charge < -0.3 is 5.32 Å². The van der Waals surface area contributed by atoms with Crippen molar-refractivity contribution in [1.82, 2.24) is 5.32 Å². The lowest BCUT2D eigenvalue weighted by Gasteiger charge is -2.20. The lowest BCUT2D eigenvalue weighted by molar-refractivity contribution is -0.126. The number of carbonyl (C=O) groups excluding carboxylic acids is 1. The van der Waals surface area contributed by atoms with Gasteiger partial charge in [-0.05, 0) is 43.4 Å². The van der Waals surface area contributed by atoms with Crippen LogP contribution in [0.15, 0.2) is 0 Å². The van der Waals surface area contributed by atoms with Crippen molar-refractivity contribution >= 4 is 21.8 Å². The molecule has 0 aliphatic heterocycles. The lowest BCUT2D eigenvalue weighted by atomic mass is 9.95. The zero-order valence-electron chi connectivity index (χ0n) is 10.8. The van der Waals surface area contributed by atoms with E-state index in [4.69, 9.17) is 0 Å². The summed E-state index contributed by atoms with van der Waals surface area (Å²) >= 11 is 3.59. The smallest absolute Gasteiger partial charge is 0.223 e. The highest BCUT2D eigenvalue weighted by Gasteiger charge is 2.31. The van der Waals surface area contributed by atoms with Gasteiger partial charge in [-0.1, -0.05) is 35.7 Å². The van der Waals surface area contributed by atoms with Gasteiger partial charge in [-0.25, -0.2) is 0 Å². The third kappa shape index (κ3) is 3.24. The van der Waals surface area contributed by atoms with Crippen LogP contribution >= 0.6 is 15.9 Å². The molecule has 98 valence electrons. The van der Waals surface area contributed by atoms with Crippen LogP contribution in [0.2, 0.25) is 0 Å². The van der Waals surface area contributed by atoms with E-state index in [-0.39, 0.29) is 0 Å². The van der Waals surface area contributed by atoms with Gasteiger partial charge >= 0.3 is 0 Å². The summed E-state index contributed by atoms with van der Waals surface area (Å²) in [4.78, 5) is 12.1. The van der Waals surface area contributed by atoms with E-state index < -0.39 is 0 Å². The van der Waals surface area contributed by atoms with E-state index in [1.807, 2.05) is 0 Å². The van der Waals surface area contributed by atoms with Crippen LogP contribution in [-0.2, 0) is 4.79 Å². The zero-order valence-corrected chi connectivity index (χ0v) is 12.3. The highest BCUT2D eigenvalue weighted by atomic mass is 79.9. The second-order valence-electron chi connectivity index (χ2n) is 5.87. The van der Waals surface area contributed by atoms with Crippen LogP contribution in [0.5, 0.6) is 0 Å². The van der Waals surface area contributed by atoms with Crippen molar-refractivity contribution in [3.05, 3.63) is 0 Å². The Bertz CT molecular complexity index is 269. The quantitative estimate of drug-likeness (QED) is 0.793. The SMILES string of the molecule is CC1CCCC1C(=O)NCC1CCCC1CBr. The molecule has 4 atom stereocenters. The van der Waals surface area contributed by atoms with Gasteiger partial charge in [-0.2, -0.15) is 0 Å². The molecule has 1 amide bonds. The average Bonchev–Trinajstić information content (AvgIpc) is 2.94. The predicted octanol–water partition coefficient (Wildman–Crippen LogP) is 3.35. The molecule has 0 aromatic rings. The molecule has 0 radical (unpaired) electrons. The molecule has 2 aliphatic rings. The molecule has 0 aromatic carbocycles. The molecule has 2 aliphatic carbocycles. The highest BCUT2D eigenvalue weighted by molar-refractivity contribution is 9.09. The molecular weight excluding hydrogens is 278 g/mol. The highest BCUT2D eigenvalue weighted by Crippen LogP contribution is 2.33. The van der Waals surface area contributed by atoms with Crippen molar-refractivity contribution in [2.24, 2.45) is 23.7 Å². The minimum Gasteiger partial charge on any atom is -0.356 e. The molecule has 2 rings (SSSR count). The lowest BCUT2D eigenvalue weighted by Crippen LogP contribution is -2.36. The summed E-state index contributed by atoms with van der Waals surface area (Å²) in [5.41, 5.74) is 0. The largest absolute Gasteiger partial charge is 0.356 e. The summed E-state index contributed by atoms with van der Waals surface area (Å²) in [5, 5.41) is 4.29. The van der Waals surface area contributed by atoms with Gasteiger partial charge in [-0.15, -0.1) is 0 Å². The summed E-state index contributed by atoms with van der Waals surface area (Å²) in [7, 11) is 0. The van der Waals surface area contributed by atoms with Crippen LogP contribution in [0, 0.1) is 23.7 Å². The Labute approximate surface area is 113 Å². The van der Waals surface area contributed by atoms with E-state index in [1.165, 1.54) is 32.1 Å². The minimum atomic E-state index is 0.291. The first-order valence-electron chi connectivity index (χ1n) is 7.06. The summed E-state index contributed by atoms with van der Waals surface area (Å²) in [6.45, 7) is 3.12. The van der Waals surface area contributed by atoms with Crippen molar-refractivity contribution in [2.75, 3.05) is 11.9 Å². The molecule has 2 fully saturated rings. The molecule has 3 heteroatoms. The summed E-state index contributed by atoms with van der Waals surface area (Å²) in [6.07, 6.45) is 7.50. The first-order valence-corrected chi connectivity index (χ1v) is 8.18. The molecule has 4 unspecified atom stereocenters. The number of alkyl halides is 1. The van der Waals surface area contributed by atoms with E-state index in [9.17, 15) is 4.79 Å². The Kier molecular flexibility index (Phi) is 4.89. The molecular formula is C14H24BrNO. The summed E-state index contributed by atoms with van der Waals surface area (Å²) in [5.74, 6) is 2.67. The fraction of sp³-hybridized carbons (Fsp3) is 0.929. The number of hydrogen-bond donors (Lipinski definition) is 1. The Hall–Kier alpha value is -0.0500. The first-order chi connectivity index (χ1) is 8.22. The van der Waals surface area contributed by atoms with E-state index in [0.717, 1.165) is 24.2 Å². The van der Waals surface area contributed by atoms with E-state index in [2.05, 4.69) is 28.2 Å². The predicted molar refractivity (Wildman–Crippen MR) is 74.1 cm³/mol. The van der Waals surface area contributed by atoms with Crippen LogP contribution in [0.3, 0.4) is 0 Å². The number of carbonyl (C=O) groups is 1. The van der Waals surface area contributed by atoms with Gasteiger partial charge in [0.2, 0.25) is 5.91 Å². The van der Waals surface area contributed by atoms with Gasteiger partial charge in [0.05, 0.1) is 0 Å². The van der Waals surface area contributed by atoms with Gasteiger partial charge in [0.25, 0.3) is 0 Å². The van der Waals surface area contributed by atoms with E-state index in [1.54, 1.807) is 0 Å². The van der Waals surface area contributed by atoms with E-state index in [0.29, 0.717) is 23.7 Å². The number of halogens is 1. The number of hydrogen-bond acceptors (Lipinski definition) is 1. The zero-order chi connectivity index (χ0) is 12.3. The summed E-state index contributed by atoms with van der Waals surface area (Å²) in [6, 6.07) is 0. The molecule has 0 spiro atoms. The number of amides is 1. The van der Waals surface area contributed by atoms with Crippen molar-refractivity contribution in [3.8, 4) is 0 Å². The van der Waals surface area contributed by atoms with E-state index >= 15 is 0 Å². The molecule has 1 N–H and O–H groups in total. The topological polar surface area (TPSA) is 29.1 Å². The Morgan fingerprint density at radius 2 is 1.88 bits per heavy atom. The standard InChI is InChI=1S/C14H24BrNO/c1-10-4-2-7-13(10)14(17)16-9-12-6-3-5-11(12)8-15/h10-13H,2-9H2,1H3,(H,16,17). The second-order valence-corrected chi connectivity index (χ2v) is 6.51. The minimum absolute atomic E-state index is 0.291. The molecule has 2 saturated carbocycles. The summed E-state index contributed by atoms with van der Waals surface area (Å²) < 4.78 is 0. The van der Waals surface area contributed by atoms with Gasteiger partial charge in [0.1, 0.15) is 0 Å². The van der Waals surface area contributed by atoms with Crippen molar-refractivity contribution in [2.45, 2.75) is 45.4 Å². The average molecular weight is 302 g/mol. The second kappa shape index (κ2) is 6.21. The first kappa shape index (κ1) is 13.4. The van der Waals surface area contributed by atoms with Crippen molar-refractivity contribution in [1.29, 1.82) is 0 Å². The maximum atomic E-state index is 12.1. The monoisotopic (exact) mass is 301 g/mol. The number of nitrogens with one attached hydrogen (secondary N) is 1. The number of rotatable bonds is 4. The third-order valence-corrected chi connectivity index (χ3v) is 5.58. The fourth-order valence-electron chi connectivity index (χ4n) is 3.48. The van der Waals surface area contributed by atoms with Crippen LogP contribution < -0.4 is 5.32 Å². The van der Waals surface area contributed by atoms with Gasteiger partial charge in [-0.3, -0.25) is 4.79 Å². The Morgan fingerprint density at radius 3 is 2.53 bits per heavy atom. The van der Waals surface area contributed by atoms with Crippen LogP contribution in [-0.4, -0.2) is 17.8 Å². The maximum absolute atomic E-state index is 12.1. The fourth-order valence-corrected chi connectivity index (χ4v) is 4.34. The van der Waals surface area contributed by atoms with Crippen LogP contribution in [0.4, 0.5) is 0 Å². The van der Waals surface area contributed by atoms with Crippen LogP contribution in [0.1, 0.15) is 45.4 Å². The maximum Gasteiger partial charge on any atom is 0.223 e. The molecule has 0 aromatic heterocycles. The van der Waals surface area contributed by atoms with Crippen molar-refractivity contribution in [3.63, 3.8) is 0 Å². The normalized spacial score (nSPS) is 37.3. The molecule has 2 nitrogen and oxygen atoms in total. The molecule has 0 heterocycles.